The first-order valence-corrected chi connectivity index (χ1v) is 6.95. The summed E-state index contributed by atoms with van der Waals surface area (Å²) in [4.78, 5) is 21.5. The second-order valence-electron chi connectivity index (χ2n) is 3.61. The minimum Gasteiger partial charge on any atom is -0.478 e. The third kappa shape index (κ3) is 6.22. The van der Waals surface area contributed by atoms with Crippen molar-refractivity contribution in [2.75, 3.05) is 16.3 Å². The molecule has 19 heavy (non-hydrogen) atoms. The molecule has 3 N–H and O–H groups in total. The number of aliphatic carboxylic acids is 1. The maximum Gasteiger partial charge on any atom is 0.328 e. The largest absolute Gasteiger partial charge is 0.478 e. The van der Waals surface area contributed by atoms with Crippen molar-refractivity contribution >= 4 is 33.3 Å². The summed E-state index contributed by atoms with van der Waals surface area (Å²) < 4.78 is 24.2. The van der Waals surface area contributed by atoms with Gasteiger partial charge in [0.2, 0.25) is 15.9 Å². The number of rotatable bonds is 5. The van der Waals surface area contributed by atoms with Crippen LogP contribution in [-0.4, -0.2) is 31.7 Å². The fourth-order valence-electron chi connectivity index (χ4n) is 1.17. The van der Waals surface area contributed by atoms with Crippen LogP contribution in [0.25, 0.3) is 0 Å². The zero-order valence-electron chi connectivity index (χ0n) is 9.95. The molecule has 1 aromatic rings. The molecule has 0 bridgehead atoms. The molecule has 1 amide bonds. The zero-order valence-corrected chi connectivity index (χ0v) is 10.8. The van der Waals surface area contributed by atoms with E-state index >= 15 is 0 Å². The van der Waals surface area contributed by atoms with Crippen LogP contribution in [-0.2, 0) is 19.6 Å². The maximum atomic E-state index is 11.3. The van der Waals surface area contributed by atoms with Gasteiger partial charge in [-0.25, -0.2) is 13.2 Å². The van der Waals surface area contributed by atoms with Crippen molar-refractivity contribution in [3.8, 4) is 0 Å². The molecule has 0 saturated carbocycles. The van der Waals surface area contributed by atoms with Gasteiger partial charge in [-0.1, -0.05) is 0 Å². The minimum absolute atomic E-state index is 0.363. The summed E-state index contributed by atoms with van der Waals surface area (Å²) in [5.74, 6) is -1.81. The smallest absolute Gasteiger partial charge is 0.328 e. The van der Waals surface area contributed by atoms with E-state index in [4.69, 9.17) is 5.11 Å². The quantitative estimate of drug-likeness (QED) is 0.687. The number of hydrogen-bond acceptors (Lipinski definition) is 4. The Labute approximate surface area is 110 Å². The molecule has 0 aliphatic carbocycles. The summed E-state index contributed by atoms with van der Waals surface area (Å²) in [5, 5.41) is 10.8. The summed E-state index contributed by atoms with van der Waals surface area (Å²) in [5.41, 5.74) is 0.778. The number of amides is 1. The lowest BCUT2D eigenvalue weighted by atomic mass is 10.3. The Morgan fingerprint density at radius 1 is 1.11 bits per heavy atom. The number of carbonyl (C=O) groups excluding carboxylic acids is 1. The molecule has 0 radical (unpaired) electrons. The van der Waals surface area contributed by atoms with Gasteiger partial charge in [0.15, 0.2) is 0 Å². The first-order valence-electron chi connectivity index (χ1n) is 5.06. The summed E-state index contributed by atoms with van der Waals surface area (Å²) in [6.07, 6.45) is 2.62. The average Bonchev–Trinajstić information content (AvgIpc) is 2.27. The van der Waals surface area contributed by atoms with Crippen LogP contribution in [0.2, 0.25) is 0 Å². The molecule has 0 aromatic heterocycles. The molecule has 0 aliphatic rings. The van der Waals surface area contributed by atoms with Gasteiger partial charge in [0, 0.05) is 23.5 Å². The van der Waals surface area contributed by atoms with Crippen LogP contribution >= 0.6 is 0 Å². The third-order valence-corrected chi connectivity index (χ3v) is 2.44. The first-order chi connectivity index (χ1) is 8.76. The third-order valence-electron chi connectivity index (χ3n) is 1.83. The van der Waals surface area contributed by atoms with Gasteiger partial charge in [0.1, 0.15) is 0 Å². The lowest BCUT2D eigenvalue weighted by molar-refractivity contribution is -0.131. The number of benzene rings is 1. The number of carboxylic acids is 1. The topological polar surface area (TPSA) is 113 Å². The number of anilines is 2. The molecule has 0 saturated heterocycles. The number of nitrogens with one attached hydrogen (secondary N) is 2. The highest BCUT2D eigenvalue weighted by atomic mass is 32.2. The van der Waals surface area contributed by atoms with Crippen LogP contribution < -0.4 is 10.0 Å². The molecule has 0 unspecified atom stereocenters. The van der Waals surface area contributed by atoms with Crippen molar-refractivity contribution < 1.29 is 23.1 Å². The van der Waals surface area contributed by atoms with Crippen LogP contribution in [0, 0.1) is 0 Å². The highest BCUT2D eigenvalue weighted by Gasteiger charge is 2.02. The van der Waals surface area contributed by atoms with Crippen molar-refractivity contribution in [2.45, 2.75) is 0 Å². The van der Waals surface area contributed by atoms with Gasteiger partial charge in [-0.15, -0.1) is 0 Å². The zero-order chi connectivity index (χ0) is 14.5. The molecular formula is C11H12N2O5S. The second-order valence-corrected chi connectivity index (χ2v) is 5.36. The number of carboxylic acid groups (broad SMARTS) is 1. The van der Waals surface area contributed by atoms with Gasteiger partial charge < -0.3 is 10.4 Å². The van der Waals surface area contributed by atoms with E-state index < -0.39 is 21.9 Å². The summed E-state index contributed by atoms with van der Waals surface area (Å²) in [6.45, 7) is 0. The predicted octanol–water partition coefficient (Wildman–Crippen LogP) is 0.637. The van der Waals surface area contributed by atoms with E-state index in [1.165, 1.54) is 24.3 Å². The van der Waals surface area contributed by atoms with Crippen molar-refractivity contribution in [3.63, 3.8) is 0 Å². The molecule has 1 rings (SSSR count). The van der Waals surface area contributed by atoms with Crippen molar-refractivity contribution in [1.82, 2.24) is 0 Å². The number of carbonyl (C=O) groups is 2. The summed E-state index contributed by atoms with van der Waals surface area (Å²) in [6, 6.07) is 5.91. The van der Waals surface area contributed by atoms with Gasteiger partial charge in [0.25, 0.3) is 0 Å². The Balaban J connectivity index is 2.67. The Morgan fingerprint density at radius 2 is 1.63 bits per heavy atom. The molecule has 0 spiro atoms. The predicted molar refractivity (Wildman–Crippen MR) is 70.3 cm³/mol. The number of sulfonamides is 1. The standard InChI is InChI=1S/C11H12N2O5S/c1-19(17,18)13-9-4-2-8(3-5-9)12-10(14)6-7-11(15)16/h2-7,13H,1H3,(H,12,14)(H,15,16)/b7-6+. The molecule has 0 aliphatic heterocycles. The summed E-state index contributed by atoms with van der Waals surface area (Å²) in [7, 11) is -3.35. The second kappa shape index (κ2) is 6.01. The average molecular weight is 284 g/mol. The van der Waals surface area contributed by atoms with Crippen LogP contribution in [0.5, 0.6) is 0 Å². The molecular weight excluding hydrogens is 272 g/mol. The van der Waals surface area contributed by atoms with Gasteiger partial charge >= 0.3 is 5.97 Å². The van der Waals surface area contributed by atoms with E-state index in [0.29, 0.717) is 11.4 Å². The maximum absolute atomic E-state index is 11.3. The van der Waals surface area contributed by atoms with Gasteiger partial charge in [-0.3, -0.25) is 9.52 Å². The Morgan fingerprint density at radius 3 is 2.11 bits per heavy atom. The van der Waals surface area contributed by atoms with Gasteiger partial charge in [0.05, 0.1) is 6.26 Å². The lowest BCUT2D eigenvalue weighted by Crippen LogP contribution is -2.10. The molecule has 7 nitrogen and oxygen atoms in total. The van der Waals surface area contributed by atoms with E-state index in [9.17, 15) is 18.0 Å². The molecule has 0 atom stereocenters. The van der Waals surface area contributed by atoms with Crippen molar-refractivity contribution in [3.05, 3.63) is 36.4 Å². The van der Waals surface area contributed by atoms with E-state index in [0.717, 1.165) is 18.4 Å². The molecule has 102 valence electrons. The van der Waals surface area contributed by atoms with Crippen LogP contribution in [0.15, 0.2) is 36.4 Å². The van der Waals surface area contributed by atoms with Crippen molar-refractivity contribution in [1.29, 1.82) is 0 Å². The fraction of sp³-hybridized carbons (Fsp3) is 0.0909. The van der Waals surface area contributed by atoms with E-state index in [1.807, 2.05) is 0 Å². The molecule has 0 fully saturated rings. The molecule has 0 heterocycles. The normalized spacial score (nSPS) is 11.2. The number of hydrogen-bond donors (Lipinski definition) is 3. The Bertz CT molecular complexity index is 604. The van der Waals surface area contributed by atoms with Crippen LogP contribution in [0.4, 0.5) is 11.4 Å². The van der Waals surface area contributed by atoms with E-state index in [1.54, 1.807) is 0 Å². The minimum atomic E-state index is -3.35. The fourth-order valence-corrected chi connectivity index (χ4v) is 1.73. The van der Waals surface area contributed by atoms with Crippen LogP contribution in [0.3, 0.4) is 0 Å². The lowest BCUT2D eigenvalue weighted by Gasteiger charge is -2.05. The van der Waals surface area contributed by atoms with Gasteiger partial charge in [-0.2, -0.15) is 0 Å². The monoisotopic (exact) mass is 284 g/mol. The highest BCUT2D eigenvalue weighted by Crippen LogP contribution is 2.14. The molecule has 8 heteroatoms. The van der Waals surface area contributed by atoms with E-state index in [-0.39, 0.29) is 0 Å². The first kappa shape index (κ1) is 14.7. The van der Waals surface area contributed by atoms with Gasteiger partial charge in [-0.05, 0) is 24.3 Å². The van der Waals surface area contributed by atoms with Crippen molar-refractivity contribution in [2.24, 2.45) is 0 Å². The Hall–Kier alpha value is -2.35. The van der Waals surface area contributed by atoms with E-state index in [2.05, 4.69) is 10.0 Å². The van der Waals surface area contributed by atoms with Crippen LogP contribution in [0.1, 0.15) is 0 Å². The molecule has 1 aromatic carbocycles. The SMILES string of the molecule is CS(=O)(=O)Nc1ccc(NC(=O)/C=C/C(=O)O)cc1. The highest BCUT2D eigenvalue weighted by molar-refractivity contribution is 7.92. The summed E-state index contributed by atoms with van der Waals surface area (Å²) >= 11 is 0. The Kier molecular flexibility index (Phi) is 4.65.